The second kappa shape index (κ2) is 8.21. The highest BCUT2D eigenvalue weighted by molar-refractivity contribution is 9.10. The number of amides is 1. The second-order valence-electron chi connectivity index (χ2n) is 5.26. The van der Waals surface area contributed by atoms with E-state index in [2.05, 4.69) is 26.5 Å². The van der Waals surface area contributed by atoms with Gasteiger partial charge in [-0.05, 0) is 42.5 Å². The molecule has 0 radical (unpaired) electrons. The predicted molar refractivity (Wildman–Crippen MR) is 105 cm³/mol. The molecule has 5 nitrogen and oxygen atoms in total. The van der Waals surface area contributed by atoms with Gasteiger partial charge in [-0.25, -0.2) is 5.43 Å². The molecule has 2 aromatic carbocycles. The molecule has 1 heterocycles. The quantitative estimate of drug-likeness (QED) is 0.448. The largest absolute Gasteiger partial charge is 0.496 e. The fourth-order valence-corrected chi connectivity index (χ4v) is 2.84. The summed E-state index contributed by atoms with van der Waals surface area (Å²) in [5.74, 6) is 1.23. The van der Waals surface area contributed by atoms with Crippen LogP contribution in [0.1, 0.15) is 16.1 Å². The van der Waals surface area contributed by atoms with Crippen LogP contribution in [0.3, 0.4) is 0 Å². The summed E-state index contributed by atoms with van der Waals surface area (Å²) in [4.78, 5) is 12.3. The minimum Gasteiger partial charge on any atom is -0.496 e. The molecule has 1 N–H and O–H groups in total. The number of carbonyl (C=O) groups excluding carboxylic acids is 1. The van der Waals surface area contributed by atoms with Crippen LogP contribution in [-0.2, 0) is 0 Å². The first kappa shape index (κ1) is 18.2. The molecule has 0 spiro atoms. The first-order valence-electron chi connectivity index (χ1n) is 7.59. The van der Waals surface area contributed by atoms with Crippen molar-refractivity contribution in [2.24, 2.45) is 5.10 Å². The van der Waals surface area contributed by atoms with Crippen molar-refractivity contribution < 1.29 is 13.9 Å². The number of carbonyl (C=O) groups is 1. The zero-order valence-electron chi connectivity index (χ0n) is 13.7. The predicted octanol–water partition coefficient (Wildman–Crippen LogP) is 5.14. The number of nitrogens with zero attached hydrogens (tertiary/aromatic N) is 1. The molecule has 0 atom stereocenters. The van der Waals surface area contributed by atoms with E-state index in [9.17, 15) is 4.79 Å². The molecule has 0 aliphatic carbocycles. The van der Waals surface area contributed by atoms with E-state index in [-0.39, 0.29) is 5.91 Å². The summed E-state index contributed by atoms with van der Waals surface area (Å²) in [6.45, 7) is 0. The summed E-state index contributed by atoms with van der Waals surface area (Å²) in [6.07, 6.45) is 1.43. The maximum Gasteiger partial charge on any atom is 0.275 e. The summed E-state index contributed by atoms with van der Waals surface area (Å²) in [5.41, 5.74) is 3.69. The lowest BCUT2D eigenvalue weighted by Crippen LogP contribution is -2.18. The van der Waals surface area contributed by atoms with Crippen molar-refractivity contribution in [3.8, 4) is 17.1 Å². The van der Waals surface area contributed by atoms with Gasteiger partial charge >= 0.3 is 0 Å². The molecule has 132 valence electrons. The standard InChI is InChI=1S/C19H14BrClN2O3/c1-25-18-7-5-13(20)10-16(18)19(24)23-22-11-15-6-8-17(26-15)12-3-2-4-14(21)9-12/h2-11H,1H3,(H,23,24)/b22-11-. The highest BCUT2D eigenvalue weighted by Gasteiger charge is 2.12. The number of rotatable bonds is 5. The van der Waals surface area contributed by atoms with Gasteiger partial charge in [0, 0.05) is 15.1 Å². The number of furan rings is 1. The van der Waals surface area contributed by atoms with E-state index in [0.717, 1.165) is 10.0 Å². The van der Waals surface area contributed by atoms with E-state index in [1.54, 1.807) is 30.3 Å². The van der Waals surface area contributed by atoms with Crippen LogP contribution in [0.4, 0.5) is 0 Å². The second-order valence-corrected chi connectivity index (χ2v) is 6.61. The Labute approximate surface area is 163 Å². The SMILES string of the molecule is COc1ccc(Br)cc1C(=O)N/N=C\c1ccc(-c2cccc(Cl)c2)o1. The highest BCUT2D eigenvalue weighted by atomic mass is 79.9. The number of methoxy groups -OCH3 is 1. The van der Waals surface area contributed by atoms with Crippen LogP contribution < -0.4 is 10.2 Å². The molecule has 0 bridgehead atoms. The third-order valence-electron chi connectivity index (χ3n) is 3.50. The van der Waals surface area contributed by atoms with E-state index in [1.165, 1.54) is 13.3 Å². The van der Waals surface area contributed by atoms with Gasteiger partial charge in [-0.1, -0.05) is 39.7 Å². The molecule has 1 aromatic heterocycles. The first-order valence-corrected chi connectivity index (χ1v) is 8.76. The van der Waals surface area contributed by atoms with Gasteiger partial charge in [0.2, 0.25) is 0 Å². The van der Waals surface area contributed by atoms with E-state index < -0.39 is 0 Å². The van der Waals surface area contributed by atoms with Crippen molar-refractivity contribution in [1.82, 2.24) is 5.43 Å². The van der Waals surface area contributed by atoms with Crippen molar-refractivity contribution in [2.45, 2.75) is 0 Å². The van der Waals surface area contributed by atoms with Crippen LogP contribution >= 0.6 is 27.5 Å². The molecule has 7 heteroatoms. The van der Waals surface area contributed by atoms with Gasteiger partial charge in [-0.2, -0.15) is 5.10 Å². The molecule has 0 aliphatic heterocycles. The number of hydrogen-bond acceptors (Lipinski definition) is 4. The Kier molecular flexibility index (Phi) is 5.75. The monoisotopic (exact) mass is 432 g/mol. The van der Waals surface area contributed by atoms with Gasteiger partial charge in [0.05, 0.1) is 18.9 Å². The van der Waals surface area contributed by atoms with Gasteiger partial charge in [-0.3, -0.25) is 4.79 Å². The summed E-state index contributed by atoms with van der Waals surface area (Å²) >= 11 is 9.32. The van der Waals surface area contributed by atoms with E-state index in [4.69, 9.17) is 20.8 Å². The number of nitrogens with one attached hydrogen (secondary N) is 1. The Morgan fingerprint density at radius 3 is 2.85 bits per heavy atom. The van der Waals surface area contributed by atoms with Gasteiger partial charge in [0.1, 0.15) is 17.3 Å². The average molecular weight is 434 g/mol. The Hall–Kier alpha value is -2.57. The summed E-state index contributed by atoms with van der Waals surface area (Å²) < 4.78 is 11.6. The zero-order valence-corrected chi connectivity index (χ0v) is 16.0. The average Bonchev–Trinajstić information content (AvgIpc) is 3.10. The van der Waals surface area contributed by atoms with Gasteiger partial charge in [0.15, 0.2) is 0 Å². The lowest BCUT2D eigenvalue weighted by Gasteiger charge is -2.07. The van der Waals surface area contributed by atoms with Gasteiger partial charge in [0.25, 0.3) is 5.91 Å². The first-order chi connectivity index (χ1) is 12.6. The normalized spacial score (nSPS) is 10.9. The molecule has 3 rings (SSSR count). The Bertz CT molecular complexity index is 969. The maximum absolute atomic E-state index is 12.3. The van der Waals surface area contributed by atoms with E-state index in [1.807, 2.05) is 24.3 Å². The molecule has 0 saturated heterocycles. The van der Waals surface area contributed by atoms with Crippen molar-refractivity contribution in [1.29, 1.82) is 0 Å². The van der Waals surface area contributed by atoms with Crippen LogP contribution in [0, 0.1) is 0 Å². The lowest BCUT2D eigenvalue weighted by molar-refractivity contribution is 0.0952. The van der Waals surface area contributed by atoms with E-state index in [0.29, 0.717) is 27.9 Å². The molecule has 26 heavy (non-hydrogen) atoms. The minimum atomic E-state index is -0.388. The number of hydrazone groups is 1. The number of halogens is 2. The lowest BCUT2D eigenvalue weighted by atomic mass is 10.2. The maximum atomic E-state index is 12.3. The van der Waals surface area contributed by atoms with Crippen molar-refractivity contribution in [3.63, 3.8) is 0 Å². The molecular formula is C19H14BrClN2O3. The zero-order chi connectivity index (χ0) is 18.5. The van der Waals surface area contributed by atoms with Crippen molar-refractivity contribution in [3.05, 3.63) is 75.4 Å². The van der Waals surface area contributed by atoms with Crippen LogP contribution in [-0.4, -0.2) is 19.2 Å². The van der Waals surface area contributed by atoms with Crippen LogP contribution in [0.15, 0.2) is 68.6 Å². The Morgan fingerprint density at radius 1 is 1.23 bits per heavy atom. The third kappa shape index (κ3) is 4.33. The topological polar surface area (TPSA) is 63.8 Å². The van der Waals surface area contributed by atoms with Crippen molar-refractivity contribution >= 4 is 39.7 Å². The fraction of sp³-hybridized carbons (Fsp3) is 0.0526. The van der Waals surface area contributed by atoms with Crippen molar-refractivity contribution in [2.75, 3.05) is 7.11 Å². The summed E-state index contributed by atoms with van der Waals surface area (Å²) in [7, 11) is 1.50. The molecule has 3 aromatic rings. The Morgan fingerprint density at radius 2 is 2.08 bits per heavy atom. The number of ether oxygens (including phenoxy) is 1. The highest BCUT2D eigenvalue weighted by Crippen LogP contribution is 2.24. The smallest absolute Gasteiger partial charge is 0.275 e. The molecule has 0 saturated carbocycles. The molecule has 0 fully saturated rings. The molecule has 0 unspecified atom stereocenters. The van der Waals surface area contributed by atoms with E-state index >= 15 is 0 Å². The van der Waals surface area contributed by atoms with Crippen LogP contribution in [0.2, 0.25) is 5.02 Å². The Balaban J connectivity index is 1.70. The molecule has 1 amide bonds. The third-order valence-corrected chi connectivity index (χ3v) is 4.23. The summed E-state index contributed by atoms with van der Waals surface area (Å²) in [5, 5.41) is 4.56. The van der Waals surface area contributed by atoms with Gasteiger partial charge in [-0.15, -0.1) is 0 Å². The number of hydrogen-bond donors (Lipinski definition) is 1. The molecular weight excluding hydrogens is 420 g/mol. The molecule has 0 aliphatic rings. The fourth-order valence-electron chi connectivity index (χ4n) is 2.29. The van der Waals surface area contributed by atoms with Crippen LogP contribution in [0.25, 0.3) is 11.3 Å². The van der Waals surface area contributed by atoms with Crippen LogP contribution in [0.5, 0.6) is 5.75 Å². The minimum absolute atomic E-state index is 0.373. The number of benzene rings is 2. The van der Waals surface area contributed by atoms with Gasteiger partial charge < -0.3 is 9.15 Å². The summed E-state index contributed by atoms with van der Waals surface area (Å²) in [6, 6.07) is 16.1.